The van der Waals surface area contributed by atoms with E-state index in [1.165, 1.54) is 0 Å². The molecule has 1 saturated carbocycles. The van der Waals surface area contributed by atoms with Crippen molar-refractivity contribution in [2.75, 3.05) is 19.7 Å². The zero-order valence-electron chi connectivity index (χ0n) is 12.5. The maximum Gasteiger partial charge on any atom is 0.223 e. The fraction of sp³-hybridized carbons (Fsp3) is 0.933. The molecular weight excluding hydrogens is 240 g/mol. The monoisotopic (exact) mass is 268 g/mol. The summed E-state index contributed by atoms with van der Waals surface area (Å²) >= 11 is 0. The molecule has 2 rings (SSSR count). The highest BCUT2D eigenvalue weighted by molar-refractivity contribution is 5.78. The van der Waals surface area contributed by atoms with Crippen LogP contribution in [0.3, 0.4) is 0 Å². The number of rotatable bonds is 3. The number of amides is 1. The molecule has 2 fully saturated rings. The van der Waals surface area contributed by atoms with Crippen molar-refractivity contribution in [1.82, 2.24) is 10.6 Å². The summed E-state index contributed by atoms with van der Waals surface area (Å²) in [5.41, 5.74) is 0.0448. The van der Waals surface area contributed by atoms with Gasteiger partial charge < -0.3 is 15.4 Å². The molecular formula is C15H28N2O2. The van der Waals surface area contributed by atoms with Crippen LogP contribution in [0.25, 0.3) is 0 Å². The van der Waals surface area contributed by atoms with Crippen LogP contribution in [0.4, 0.5) is 0 Å². The number of hydrogen-bond donors (Lipinski definition) is 2. The largest absolute Gasteiger partial charge is 0.372 e. The van der Waals surface area contributed by atoms with Crippen molar-refractivity contribution in [1.29, 1.82) is 0 Å². The summed E-state index contributed by atoms with van der Waals surface area (Å²) in [5, 5.41) is 6.63. The van der Waals surface area contributed by atoms with Crippen LogP contribution < -0.4 is 10.6 Å². The van der Waals surface area contributed by atoms with Crippen molar-refractivity contribution in [3.05, 3.63) is 0 Å². The van der Waals surface area contributed by atoms with Gasteiger partial charge in [-0.05, 0) is 31.6 Å². The van der Waals surface area contributed by atoms with E-state index in [-0.39, 0.29) is 17.4 Å². The molecule has 2 aliphatic rings. The molecule has 110 valence electrons. The molecule has 1 aliphatic heterocycles. The number of carbonyl (C=O) groups is 1. The molecule has 1 amide bonds. The van der Waals surface area contributed by atoms with E-state index in [4.69, 9.17) is 4.74 Å². The first kappa shape index (κ1) is 14.8. The first-order valence-electron chi connectivity index (χ1n) is 7.67. The lowest BCUT2D eigenvalue weighted by Gasteiger charge is -2.43. The number of morpholine rings is 1. The second-order valence-electron chi connectivity index (χ2n) is 6.52. The van der Waals surface area contributed by atoms with Gasteiger partial charge in [-0.25, -0.2) is 0 Å². The molecule has 0 aromatic carbocycles. The third kappa shape index (κ3) is 3.69. The summed E-state index contributed by atoms with van der Waals surface area (Å²) in [4.78, 5) is 12.1. The summed E-state index contributed by atoms with van der Waals surface area (Å²) < 4.78 is 5.97. The molecule has 1 saturated heterocycles. The Labute approximate surface area is 116 Å². The maximum atomic E-state index is 12.1. The number of carbonyl (C=O) groups excluding carboxylic acids is 1. The fourth-order valence-corrected chi connectivity index (χ4v) is 2.95. The van der Waals surface area contributed by atoms with E-state index in [2.05, 4.69) is 24.5 Å². The average Bonchev–Trinajstić information content (AvgIpc) is 2.41. The topological polar surface area (TPSA) is 50.4 Å². The van der Waals surface area contributed by atoms with Crippen molar-refractivity contribution in [2.45, 2.75) is 58.1 Å². The van der Waals surface area contributed by atoms with Gasteiger partial charge in [0.2, 0.25) is 5.91 Å². The Balaban J connectivity index is 1.78. The van der Waals surface area contributed by atoms with Crippen molar-refractivity contribution < 1.29 is 9.53 Å². The summed E-state index contributed by atoms with van der Waals surface area (Å²) in [7, 11) is 0. The molecule has 0 radical (unpaired) electrons. The zero-order chi connectivity index (χ0) is 13.9. The molecule has 0 aromatic rings. The summed E-state index contributed by atoms with van der Waals surface area (Å²) in [5.74, 6) is 0.711. The van der Waals surface area contributed by atoms with Crippen molar-refractivity contribution in [3.8, 4) is 0 Å². The number of hydrogen-bond acceptors (Lipinski definition) is 3. The molecule has 4 nitrogen and oxygen atoms in total. The Morgan fingerprint density at radius 3 is 2.53 bits per heavy atom. The molecule has 4 heteroatoms. The Morgan fingerprint density at radius 2 is 2.00 bits per heavy atom. The van der Waals surface area contributed by atoms with Gasteiger partial charge in [0.1, 0.15) is 0 Å². The predicted octanol–water partition coefficient (Wildman–Crippen LogP) is 1.70. The second-order valence-corrected chi connectivity index (χ2v) is 6.52. The molecule has 0 bridgehead atoms. The molecule has 1 unspecified atom stereocenters. The van der Waals surface area contributed by atoms with Crippen molar-refractivity contribution >= 4 is 5.91 Å². The minimum absolute atomic E-state index is 0.0448. The summed E-state index contributed by atoms with van der Waals surface area (Å²) in [6.07, 6.45) is 4.19. The minimum atomic E-state index is 0.0448. The third-order valence-electron chi connectivity index (χ3n) is 4.79. The first-order valence-corrected chi connectivity index (χ1v) is 7.67. The first-order chi connectivity index (χ1) is 9.02. The number of ether oxygens (including phenoxy) is 1. The van der Waals surface area contributed by atoms with Gasteiger partial charge >= 0.3 is 0 Å². The van der Waals surface area contributed by atoms with Crippen LogP contribution in [0.15, 0.2) is 0 Å². The maximum absolute atomic E-state index is 12.1. The van der Waals surface area contributed by atoms with Gasteiger partial charge in [-0.2, -0.15) is 0 Å². The van der Waals surface area contributed by atoms with E-state index in [1.807, 2.05) is 6.92 Å². The van der Waals surface area contributed by atoms with Crippen LogP contribution >= 0.6 is 0 Å². The quantitative estimate of drug-likeness (QED) is 0.819. The van der Waals surface area contributed by atoms with E-state index < -0.39 is 0 Å². The van der Waals surface area contributed by atoms with E-state index in [1.54, 1.807) is 0 Å². The molecule has 1 spiro atoms. The highest BCUT2D eigenvalue weighted by Gasteiger charge is 2.38. The third-order valence-corrected chi connectivity index (χ3v) is 4.79. The fourth-order valence-electron chi connectivity index (χ4n) is 2.95. The van der Waals surface area contributed by atoms with Crippen LogP contribution in [0.1, 0.15) is 46.5 Å². The Hall–Kier alpha value is -0.610. The predicted molar refractivity (Wildman–Crippen MR) is 76.0 cm³/mol. The van der Waals surface area contributed by atoms with E-state index in [0.29, 0.717) is 12.0 Å². The normalized spacial score (nSPS) is 33.4. The summed E-state index contributed by atoms with van der Waals surface area (Å²) in [6, 6.07) is 0.338. The standard InChI is InChI=1S/C15H28N2O2/c1-11(2)12(3)14(18)17-13-4-6-15(7-5-13)10-16-8-9-19-15/h11-13,16H,4-10H2,1-3H3,(H,17,18). The van der Waals surface area contributed by atoms with Gasteiger partial charge in [-0.1, -0.05) is 20.8 Å². The Kier molecular flexibility index (Phi) is 4.85. The van der Waals surface area contributed by atoms with Crippen LogP contribution in [0.2, 0.25) is 0 Å². The van der Waals surface area contributed by atoms with Crippen LogP contribution in [-0.2, 0) is 9.53 Å². The van der Waals surface area contributed by atoms with Gasteiger partial charge in [0.25, 0.3) is 0 Å². The van der Waals surface area contributed by atoms with E-state index >= 15 is 0 Å². The molecule has 2 N–H and O–H groups in total. The van der Waals surface area contributed by atoms with Gasteiger partial charge in [-0.15, -0.1) is 0 Å². The Morgan fingerprint density at radius 1 is 1.32 bits per heavy atom. The van der Waals surface area contributed by atoms with E-state index in [9.17, 15) is 4.79 Å². The summed E-state index contributed by atoms with van der Waals surface area (Å²) in [6.45, 7) is 8.97. The van der Waals surface area contributed by atoms with Crippen LogP contribution in [0.5, 0.6) is 0 Å². The smallest absolute Gasteiger partial charge is 0.223 e. The van der Waals surface area contributed by atoms with Gasteiger partial charge in [0.05, 0.1) is 12.2 Å². The lowest BCUT2D eigenvalue weighted by atomic mass is 9.81. The molecule has 1 aliphatic carbocycles. The molecule has 1 atom stereocenters. The average molecular weight is 268 g/mol. The second kappa shape index (κ2) is 6.23. The van der Waals surface area contributed by atoms with Crippen molar-refractivity contribution in [2.24, 2.45) is 11.8 Å². The van der Waals surface area contributed by atoms with Crippen molar-refractivity contribution in [3.63, 3.8) is 0 Å². The lowest BCUT2D eigenvalue weighted by Crippen LogP contribution is -2.54. The number of nitrogens with one attached hydrogen (secondary N) is 2. The van der Waals surface area contributed by atoms with Gasteiger partial charge in [-0.3, -0.25) is 4.79 Å². The lowest BCUT2D eigenvalue weighted by molar-refractivity contribution is -0.128. The van der Waals surface area contributed by atoms with Crippen LogP contribution in [-0.4, -0.2) is 37.2 Å². The Bertz CT molecular complexity index is 301. The zero-order valence-corrected chi connectivity index (χ0v) is 12.5. The highest BCUT2D eigenvalue weighted by Crippen LogP contribution is 2.32. The molecule has 1 heterocycles. The molecule has 0 aromatic heterocycles. The molecule has 19 heavy (non-hydrogen) atoms. The SMILES string of the molecule is CC(C)C(C)C(=O)NC1CCC2(CC1)CNCCO2. The van der Waals surface area contributed by atoms with E-state index in [0.717, 1.165) is 45.4 Å². The highest BCUT2D eigenvalue weighted by atomic mass is 16.5. The van der Waals surface area contributed by atoms with Gasteiger partial charge in [0.15, 0.2) is 0 Å². The van der Waals surface area contributed by atoms with Crippen LogP contribution in [0, 0.1) is 11.8 Å². The van der Waals surface area contributed by atoms with Gasteiger partial charge in [0, 0.05) is 25.0 Å². The minimum Gasteiger partial charge on any atom is -0.372 e.